The van der Waals surface area contributed by atoms with Gasteiger partial charge < -0.3 is 20.7 Å². The van der Waals surface area contributed by atoms with Crippen LogP contribution < -0.4 is 16.0 Å². The van der Waals surface area contributed by atoms with Crippen molar-refractivity contribution in [2.24, 2.45) is 0 Å². The number of benzene rings is 1. The van der Waals surface area contributed by atoms with Crippen molar-refractivity contribution in [1.29, 1.82) is 0 Å². The summed E-state index contributed by atoms with van der Waals surface area (Å²) in [5, 5.41) is 14.2. The van der Waals surface area contributed by atoms with Gasteiger partial charge in [-0.05, 0) is 38.1 Å². The molecule has 3 aromatic rings. The maximum Gasteiger partial charge on any atom is 0.229 e. The van der Waals surface area contributed by atoms with Crippen molar-refractivity contribution in [3.8, 4) is 5.69 Å². The van der Waals surface area contributed by atoms with Gasteiger partial charge in [0, 0.05) is 55.3 Å². The van der Waals surface area contributed by atoms with Gasteiger partial charge in [0.25, 0.3) is 0 Å². The molecule has 1 aromatic carbocycles. The molecule has 1 aliphatic heterocycles. The third-order valence-electron chi connectivity index (χ3n) is 5.03. The normalized spacial score (nSPS) is 16.2. The summed E-state index contributed by atoms with van der Waals surface area (Å²) in [6, 6.07) is 8.24. The van der Waals surface area contributed by atoms with Crippen molar-refractivity contribution in [3.05, 3.63) is 53.5 Å². The van der Waals surface area contributed by atoms with Gasteiger partial charge in [-0.1, -0.05) is 6.07 Å². The van der Waals surface area contributed by atoms with Gasteiger partial charge in [0.1, 0.15) is 5.82 Å². The third kappa shape index (κ3) is 4.38. The van der Waals surface area contributed by atoms with Crippen LogP contribution in [-0.2, 0) is 11.3 Å². The number of ether oxygens (including phenoxy) is 1. The molecule has 1 atom stereocenters. The fourth-order valence-electron chi connectivity index (χ4n) is 3.61. The van der Waals surface area contributed by atoms with Crippen molar-refractivity contribution >= 4 is 17.5 Å². The molecule has 8 heteroatoms. The number of hydrogen-bond acceptors (Lipinski definition) is 7. The minimum Gasteiger partial charge on any atom is -0.381 e. The van der Waals surface area contributed by atoms with Crippen molar-refractivity contribution in [2.75, 3.05) is 37.9 Å². The van der Waals surface area contributed by atoms with Crippen molar-refractivity contribution < 1.29 is 4.74 Å². The van der Waals surface area contributed by atoms with E-state index in [2.05, 4.69) is 55.4 Å². The average molecular weight is 393 g/mol. The van der Waals surface area contributed by atoms with E-state index in [0.29, 0.717) is 11.9 Å². The van der Waals surface area contributed by atoms with Gasteiger partial charge >= 0.3 is 0 Å². The van der Waals surface area contributed by atoms with E-state index in [1.807, 2.05) is 38.0 Å². The molecule has 2 aromatic heterocycles. The number of nitrogens with zero attached hydrogens (tertiary/aromatic N) is 4. The Morgan fingerprint density at radius 2 is 2.10 bits per heavy atom. The lowest BCUT2D eigenvalue weighted by atomic mass is 9.96. The summed E-state index contributed by atoms with van der Waals surface area (Å²) in [6.07, 6.45) is 4.99. The van der Waals surface area contributed by atoms with Crippen LogP contribution in [0.3, 0.4) is 0 Å². The summed E-state index contributed by atoms with van der Waals surface area (Å²) in [7, 11) is 3.78. The zero-order chi connectivity index (χ0) is 20.2. The van der Waals surface area contributed by atoms with Gasteiger partial charge in [0.2, 0.25) is 5.95 Å². The molecule has 0 spiro atoms. The molecule has 0 amide bonds. The summed E-state index contributed by atoms with van der Waals surface area (Å²) in [4.78, 5) is 8.99. The number of nitrogens with one attached hydrogen (secondary N) is 3. The molecule has 29 heavy (non-hydrogen) atoms. The van der Waals surface area contributed by atoms with Gasteiger partial charge in [-0.25, -0.2) is 9.67 Å². The Labute approximate surface area is 170 Å². The Morgan fingerprint density at radius 3 is 2.86 bits per heavy atom. The van der Waals surface area contributed by atoms with Crippen LogP contribution in [0.4, 0.5) is 17.5 Å². The van der Waals surface area contributed by atoms with Crippen molar-refractivity contribution in [1.82, 2.24) is 25.1 Å². The van der Waals surface area contributed by atoms with E-state index in [1.165, 1.54) is 5.56 Å². The smallest absolute Gasteiger partial charge is 0.229 e. The Morgan fingerprint density at radius 1 is 1.21 bits per heavy atom. The van der Waals surface area contributed by atoms with E-state index in [1.54, 1.807) is 0 Å². The number of aryl methyl sites for hydroxylation is 1. The first-order valence-electron chi connectivity index (χ1n) is 9.87. The Balaban J connectivity index is 1.69. The molecule has 1 unspecified atom stereocenters. The van der Waals surface area contributed by atoms with E-state index in [0.717, 1.165) is 54.6 Å². The molecule has 3 heterocycles. The van der Waals surface area contributed by atoms with Gasteiger partial charge in [0.05, 0.1) is 18.5 Å². The summed E-state index contributed by atoms with van der Waals surface area (Å²) in [5.41, 5.74) is 5.25. The maximum atomic E-state index is 5.63. The van der Waals surface area contributed by atoms with E-state index < -0.39 is 0 Å². The maximum absolute atomic E-state index is 5.63. The fraction of sp³-hybridized carbons (Fsp3) is 0.381. The largest absolute Gasteiger partial charge is 0.381 e. The second-order valence-electron chi connectivity index (χ2n) is 7.25. The summed E-state index contributed by atoms with van der Waals surface area (Å²) < 4.78 is 7.57. The second kappa shape index (κ2) is 8.59. The lowest BCUT2D eigenvalue weighted by molar-refractivity contribution is 0.194. The zero-order valence-electron chi connectivity index (χ0n) is 17.1. The predicted octanol–water partition coefficient (Wildman–Crippen LogP) is 2.98. The molecular formula is C21H27N7O. The zero-order valence-corrected chi connectivity index (χ0v) is 17.1. The van der Waals surface area contributed by atoms with Crippen LogP contribution in [0.2, 0.25) is 0 Å². The highest BCUT2D eigenvalue weighted by molar-refractivity contribution is 5.61. The van der Waals surface area contributed by atoms with Crippen molar-refractivity contribution in [3.63, 3.8) is 0 Å². The van der Waals surface area contributed by atoms with Crippen molar-refractivity contribution in [2.45, 2.75) is 25.8 Å². The van der Waals surface area contributed by atoms with Crippen LogP contribution >= 0.6 is 0 Å². The molecule has 0 aliphatic carbocycles. The molecular weight excluding hydrogens is 366 g/mol. The third-order valence-corrected chi connectivity index (χ3v) is 5.03. The average Bonchev–Trinajstić information content (AvgIpc) is 3.40. The lowest BCUT2D eigenvalue weighted by Gasteiger charge is -2.16. The minimum absolute atomic E-state index is 0.377. The predicted molar refractivity (Wildman–Crippen MR) is 114 cm³/mol. The molecule has 152 valence electrons. The number of anilines is 3. The quantitative estimate of drug-likeness (QED) is 0.569. The standard InChI is InChI=1S/C21H27N7O/c1-14-8-20(23-3)27-21(25-14)26-17-4-5-18(16-6-7-29-13-16)19(9-17)28-12-15(10-22-2)11-24-28/h4-5,8-9,11-12,16,22H,6-7,10,13H2,1-3H3,(H2,23,25,26,27). The van der Waals surface area contributed by atoms with Crippen LogP contribution in [-0.4, -0.2) is 47.1 Å². The Hall–Kier alpha value is -2.97. The van der Waals surface area contributed by atoms with Gasteiger partial charge in [-0.3, -0.25) is 0 Å². The van der Waals surface area contributed by atoms with Gasteiger partial charge in [-0.2, -0.15) is 10.1 Å². The topological polar surface area (TPSA) is 88.9 Å². The van der Waals surface area contributed by atoms with E-state index in [-0.39, 0.29) is 0 Å². The molecule has 0 saturated carbocycles. The summed E-state index contributed by atoms with van der Waals surface area (Å²) >= 11 is 0. The molecule has 1 aliphatic rings. The van der Waals surface area contributed by atoms with Crippen LogP contribution in [0.5, 0.6) is 0 Å². The van der Waals surface area contributed by atoms with E-state index in [9.17, 15) is 0 Å². The van der Waals surface area contributed by atoms with Crippen LogP contribution in [0, 0.1) is 6.92 Å². The van der Waals surface area contributed by atoms with E-state index >= 15 is 0 Å². The number of rotatable bonds is 7. The van der Waals surface area contributed by atoms with Gasteiger partial charge in [-0.15, -0.1) is 0 Å². The van der Waals surface area contributed by atoms with E-state index in [4.69, 9.17) is 4.74 Å². The first-order chi connectivity index (χ1) is 14.2. The molecule has 0 bridgehead atoms. The Bertz CT molecular complexity index is 979. The van der Waals surface area contributed by atoms with Crippen LogP contribution in [0.1, 0.15) is 29.2 Å². The Kier molecular flexibility index (Phi) is 5.73. The SMILES string of the molecule is CNCc1cnn(-c2cc(Nc3nc(C)cc(NC)n3)ccc2C2CCOC2)c1. The van der Waals surface area contributed by atoms with Crippen LogP contribution in [0.15, 0.2) is 36.7 Å². The lowest BCUT2D eigenvalue weighted by Crippen LogP contribution is -2.08. The fourth-order valence-corrected chi connectivity index (χ4v) is 3.61. The molecule has 1 saturated heterocycles. The highest BCUT2D eigenvalue weighted by atomic mass is 16.5. The minimum atomic E-state index is 0.377. The molecule has 4 rings (SSSR count). The number of hydrogen-bond donors (Lipinski definition) is 3. The molecule has 8 nitrogen and oxygen atoms in total. The summed E-state index contributed by atoms with van der Waals surface area (Å²) in [5.74, 6) is 1.72. The van der Waals surface area contributed by atoms with Crippen LogP contribution in [0.25, 0.3) is 5.69 Å². The molecule has 1 fully saturated rings. The van der Waals surface area contributed by atoms with Gasteiger partial charge in [0.15, 0.2) is 0 Å². The molecule has 3 N–H and O–H groups in total. The first-order valence-corrected chi connectivity index (χ1v) is 9.87. The number of aromatic nitrogens is 4. The molecule has 0 radical (unpaired) electrons. The monoisotopic (exact) mass is 393 g/mol. The second-order valence-corrected chi connectivity index (χ2v) is 7.25. The highest BCUT2D eigenvalue weighted by Gasteiger charge is 2.22. The highest BCUT2D eigenvalue weighted by Crippen LogP contribution is 2.32. The summed E-state index contributed by atoms with van der Waals surface area (Å²) in [6.45, 7) is 4.29. The first kappa shape index (κ1) is 19.4.